The number of fused-ring (bicyclic) bond motifs is 1. The van der Waals surface area contributed by atoms with Crippen LogP contribution in [0, 0.1) is 6.92 Å². The van der Waals surface area contributed by atoms with Crippen molar-refractivity contribution in [3.8, 4) is 0 Å². The minimum atomic E-state index is -1.08. The Morgan fingerprint density at radius 1 is 1.47 bits per heavy atom. The Balaban J connectivity index is 2.61. The Labute approximate surface area is 86.0 Å². The van der Waals surface area contributed by atoms with Crippen molar-refractivity contribution >= 4 is 11.7 Å². The SMILES string of the molecule is Cc1c(C(=O)O)oc2c1C(=NO)CCC2. The predicted octanol–water partition coefficient (Wildman–Crippen LogP) is 1.80. The topological polar surface area (TPSA) is 83.0 Å². The molecule has 0 saturated carbocycles. The molecular formula is C10H11NO4. The molecule has 0 bridgehead atoms. The third kappa shape index (κ3) is 1.40. The summed E-state index contributed by atoms with van der Waals surface area (Å²) in [6, 6.07) is 0. The molecule has 0 radical (unpaired) electrons. The number of hydrogen-bond donors (Lipinski definition) is 2. The van der Waals surface area contributed by atoms with Gasteiger partial charge in [-0.25, -0.2) is 4.79 Å². The fourth-order valence-electron chi connectivity index (χ4n) is 1.97. The molecule has 5 nitrogen and oxygen atoms in total. The first-order valence-electron chi connectivity index (χ1n) is 4.72. The first kappa shape index (κ1) is 9.76. The van der Waals surface area contributed by atoms with Gasteiger partial charge in [0.1, 0.15) is 5.76 Å². The summed E-state index contributed by atoms with van der Waals surface area (Å²) >= 11 is 0. The summed E-state index contributed by atoms with van der Waals surface area (Å²) < 4.78 is 5.24. The second-order valence-electron chi connectivity index (χ2n) is 3.56. The highest BCUT2D eigenvalue weighted by Crippen LogP contribution is 2.29. The van der Waals surface area contributed by atoms with Crippen LogP contribution < -0.4 is 0 Å². The van der Waals surface area contributed by atoms with Gasteiger partial charge < -0.3 is 14.7 Å². The molecule has 0 aromatic carbocycles. The minimum absolute atomic E-state index is 0.0527. The molecule has 0 aliphatic heterocycles. The molecule has 1 aromatic heterocycles. The van der Waals surface area contributed by atoms with E-state index in [1.807, 2.05) is 0 Å². The van der Waals surface area contributed by atoms with Crippen molar-refractivity contribution in [1.82, 2.24) is 0 Å². The van der Waals surface area contributed by atoms with Crippen LogP contribution in [0.3, 0.4) is 0 Å². The third-order valence-corrected chi connectivity index (χ3v) is 2.64. The zero-order valence-corrected chi connectivity index (χ0v) is 8.28. The van der Waals surface area contributed by atoms with E-state index in [4.69, 9.17) is 14.7 Å². The average Bonchev–Trinajstić information content (AvgIpc) is 2.56. The van der Waals surface area contributed by atoms with Crippen molar-refractivity contribution in [3.05, 3.63) is 22.6 Å². The van der Waals surface area contributed by atoms with Crippen molar-refractivity contribution in [2.24, 2.45) is 5.16 Å². The first-order valence-corrected chi connectivity index (χ1v) is 4.72. The van der Waals surface area contributed by atoms with Gasteiger partial charge in [0, 0.05) is 17.5 Å². The Kier molecular flexibility index (Phi) is 2.22. The van der Waals surface area contributed by atoms with Crippen molar-refractivity contribution in [3.63, 3.8) is 0 Å². The summed E-state index contributed by atoms with van der Waals surface area (Å²) in [4.78, 5) is 10.8. The van der Waals surface area contributed by atoms with Gasteiger partial charge in [0.25, 0.3) is 0 Å². The number of aromatic carboxylic acids is 1. The van der Waals surface area contributed by atoms with Gasteiger partial charge in [-0.15, -0.1) is 0 Å². The number of rotatable bonds is 1. The van der Waals surface area contributed by atoms with E-state index in [0.29, 0.717) is 35.4 Å². The molecule has 1 heterocycles. The molecule has 5 heteroatoms. The standard InChI is InChI=1S/C10H11NO4/c1-5-8-6(11-14)3-2-4-7(8)15-9(5)10(12)13/h14H,2-4H2,1H3,(H,12,13). The van der Waals surface area contributed by atoms with E-state index in [1.54, 1.807) is 6.92 Å². The monoisotopic (exact) mass is 209 g/mol. The van der Waals surface area contributed by atoms with E-state index < -0.39 is 5.97 Å². The van der Waals surface area contributed by atoms with E-state index in [9.17, 15) is 4.79 Å². The van der Waals surface area contributed by atoms with Crippen molar-refractivity contribution in [1.29, 1.82) is 0 Å². The normalized spacial score (nSPS) is 17.8. The summed E-state index contributed by atoms with van der Waals surface area (Å²) in [6.45, 7) is 1.67. The zero-order chi connectivity index (χ0) is 11.0. The smallest absolute Gasteiger partial charge is 0.372 e. The molecular weight excluding hydrogens is 198 g/mol. The molecule has 0 unspecified atom stereocenters. The summed E-state index contributed by atoms with van der Waals surface area (Å²) in [7, 11) is 0. The van der Waals surface area contributed by atoms with Crippen molar-refractivity contribution in [2.75, 3.05) is 0 Å². The Bertz CT molecular complexity index is 445. The number of carbonyl (C=O) groups is 1. The summed E-state index contributed by atoms with van der Waals surface area (Å²) in [6.07, 6.45) is 2.17. The van der Waals surface area contributed by atoms with Crippen LogP contribution in [0.5, 0.6) is 0 Å². The molecule has 1 aliphatic carbocycles. The van der Waals surface area contributed by atoms with Crippen LogP contribution in [-0.2, 0) is 6.42 Å². The second kappa shape index (κ2) is 3.42. The van der Waals surface area contributed by atoms with Crippen LogP contribution in [0.15, 0.2) is 9.57 Å². The molecule has 0 amide bonds. The van der Waals surface area contributed by atoms with Gasteiger partial charge in [-0.2, -0.15) is 0 Å². The molecule has 0 fully saturated rings. The maximum Gasteiger partial charge on any atom is 0.372 e. The van der Waals surface area contributed by atoms with Gasteiger partial charge >= 0.3 is 5.97 Å². The lowest BCUT2D eigenvalue weighted by molar-refractivity contribution is 0.0659. The van der Waals surface area contributed by atoms with E-state index >= 15 is 0 Å². The third-order valence-electron chi connectivity index (χ3n) is 2.64. The maximum atomic E-state index is 10.8. The van der Waals surface area contributed by atoms with Crippen molar-refractivity contribution in [2.45, 2.75) is 26.2 Å². The highest BCUT2D eigenvalue weighted by molar-refractivity contribution is 6.05. The molecule has 0 spiro atoms. The van der Waals surface area contributed by atoms with Gasteiger partial charge in [0.2, 0.25) is 5.76 Å². The van der Waals surface area contributed by atoms with E-state index in [-0.39, 0.29) is 5.76 Å². The molecule has 0 saturated heterocycles. The van der Waals surface area contributed by atoms with Crippen LogP contribution >= 0.6 is 0 Å². The molecule has 2 rings (SSSR count). The number of hydrogen-bond acceptors (Lipinski definition) is 4. The Morgan fingerprint density at radius 3 is 2.80 bits per heavy atom. The van der Waals surface area contributed by atoms with Crippen LogP contribution in [0.1, 0.15) is 40.3 Å². The molecule has 1 aromatic rings. The largest absolute Gasteiger partial charge is 0.475 e. The molecule has 0 atom stereocenters. The number of nitrogens with zero attached hydrogens (tertiary/aromatic N) is 1. The van der Waals surface area contributed by atoms with Gasteiger partial charge in [0.15, 0.2) is 0 Å². The lowest BCUT2D eigenvalue weighted by Crippen LogP contribution is -2.11. The summed E-state index contributed by atoms with van der Waals surface area (Å²) in [5.74, 6) is -0.522. The number of oxime groups is 1. The Hall–Kier alpha value is -1.78. The highest BCUT2D eigenvalue weighted by atomic mass is 16.4. The molecule has 1 aliphatic rings. The minimum Gasteiger partial charge on any atom is -0.475 e. The average molecular weight is 209 g/mol. The number of furan rings is 1. The molecule has 80 valence electrons. The lowest BCUT2D eigenvalue weighted by atomic mass is 9.93. The van der Waals surface area contributed by atoms with Gasteiger partial charge in [-0.05, 0) is 19.8 Å². The predicted molar refractivity (Wildman–Crippen MR) is 51.7 cm³/mol. The van der Waals surface area contributed by atoms with Crippen molar-refractivity contribution < 1.29 is 19.5 Å². The summed E-state index contributed by atoms with van der Waals surface area (Å²) in [5, 5.41) is 20.9. The summed E-state index contributed by atoms with van der Waals surface area (Å²) in [5.41, 5.74) is 1.73. The number of aryl methyl sites for hydroxylation is 1. The van der Waals surface area contributed by atoms with Gasteiger partial charge in [0.05, 0.1) is 5.71 Å². The second-order valence-corrected chi connectivity index (χ2v) is 3.56. The first-order chi connectivity index (χ1) is 7.15. The van der Waals surface area contributed by atoms with Crippen LogP contribution in [0.25, 0.3) is 0 Å². The lowest BCUT2D eigenvalue weighted by Gasteiger charge is -2.11. The zero-order valence-electron chi connectivity index (χ0n) is 8.28. The van der Waals surface area contributed by atoms with Crippen LogP contribution in [0.4, 0.5) is 0 Å². The van der Waals surface area contributed by atoms with E-state index in [1.165, 1.54) is 0 Å². The van der Waals surface area contributed by atoms with Crippen LogP contribution in [-0.4, -0.2) is 22.0 Å². The Morgan fingerprint density at radius 2 is 2.20 bits per heavy atom. The number of carboxylic acid groups (broad SMARTS) is 1. The quantitative estimate of drug-likeness (QED) is 0.545. The molecule has 2 N–H and O–H groups in total. The highest BCUT2D eigenvalue weighted by Gasteiger charge is 2.27. The van der Waals surface area contributed by atoms with Gasteiger partial charge in [-0.3, -0.25) is 0 Å². The van der Waals surface area contributed by atoms with E-state index in [0.717, 1.165) is 6.42 Å². The van der Waals surface area contributed by atoms with E-state index in [2.05, 4.69) is 5.16 Å². The fraction of sp³-hybridized carbons (Fsp3) is 0.400. The fourth-order valence-corrected chi connectivity index (χ4v) is 1.97. The number of carboxylic acids is 1. The molecule has 15 heavy (non-hydrogen) atoms. The maximum absolute atomic E-state index is 10.8. The van der Waals surface area contributed by atoms with Crippen LogP contribution in [0.2, 0.25) is 0 Å². The van der Waals surface area contributed by atoms with Gasteiger partial charge in [-0.1, -0.05) is 5.16 Å².